The van der Waals surface area contributed by atoms with Gasteiger partial charge in [-0.05, 0) is 35.9 Å². The molecule has 0 bridgehead atoms. The summed E-state index contributed by atoms with van der Waals surface area (Å²) in [6.07, 6.45) is 3.03. The lowest BCUT2D eigenvalue weighted by Gasteiger charge is -2.09. The molecule has 130 valence electrons. The Morgan fingerprint density at radius 3 is 2.85 bits per heavy atom. The van der Waals surface area contributed by atoms with Crippen LogP contribution in [-0.2, 0) is 0 Å². The van der Waals surface area contributed by atoms with Crippen LogP contribution in [0, 0.1) is 0 Å². The van der Waals surface area contributed by atoms with Gasteiger partial charge in [0, 0.05) is 23.9 Å². The van der Waals surface area contributed by atoms with Gasteiger partial charge < -0.3 is 14.9 Å². The first kappa shape index (κ1) is 16.2. The van der Waals surface area contributed by atoms with Crippen LogP contribution in [0.5, 0.6) is 0 Å². The van der Waals surface area contributed by atoms with Crippen LogP contribution in [0.2, 0.25) is 0 Å². The summed E-state index contributed by atoms with van der Waals surface area (Å²) in [5.41, 5.74) is 2.75. The highest BCUT2D eigenvalue weighted by molar-refractivity contribution is 7.16. The van der Waals surface area contributed by atoms with Gasteiger partial charge in [-0.25, -0.2) is 9.67 Å². The Morgan fingerprint density at radius 1 is 1.27 bits per heavy atom. The minimum atomic E-state index is -1.26. The number of fused-ring (bicyclic) bond motifs is 1. The molecule has 0 saturated heterocycles. The molecule has 0 radical (unpaired) electrons. The molecular formula is C18H13N4O3S-. The number of H-pyrrole nitrogens is 1. The molecule has 0 saturated carbocycles. The Kier molecular flexibility index (Phi) is 3.89. The molecule has 0 aliphatic heterocycles. The highest BCUT2D eigenvalue weighted by Crippen LogP contribution is 2.26. The molecule has 4 aromatic rings. The second-order valence-corrected chi connectivity index (χ2v) is 6.88. The average Bonchev–Trinajstić information content (AvgIpc) is 3.26. The predicted molar refractivity (Wildman–Crippen MR) is 95.7 cm³/mol. The molecule has 1 aromatic carbocycles. The van der Waals surface area contributed by atoms with Crippen LogP contribution in [0.4, 0.5) is 0 Å². The summed E-state index contributed by atoms with van der Waals surface area (Å²) in [6.45, 7) is 2.04. The fraction of sp³-hybridized carbons (Fsp3) is 0.111. The summed E-state index contributed by atoms with van der Waals surface area (Å²) in [6, 6.07) is 10.8. The van der Waals surface area contributed by atoms with Crippen molar-refractivity contribution in [1.29, 1.82) is 0 Å². The number of carboxylic acids is 1. The summed E-state index contributed by atoms with van der Waals surface area (Å²) in [5, 5.41) is 15.3. The van der Waals surface area contributed by atoms with E-state index in [1.54, 1.807) is 16.9 Å². The molecule has 1 N–H and O–H groups in total. The minimum absolute atomic E-state index is 0.0216. The predicted octanol–water partition coefficient (Wildman–Crippen LogP) is 1.69. The summed E-state index contributed by atoms with van der Waals surface area (Å²) in [4.78, 5) is 29.1. The first-order valence-corrected chi connectivity index (χ1v) is 8.69. The summed E-state index contributed by atoms with van der Waals surface area (Å²) in [5.74, 6) is -0.714. The number of carbonyl (C=O) groups excluding carboxylic acids is 1. The van der Waals surface area contributed by atoms with Gasteiger partial charge in [-0.2, -0.15) is 5.10 Å². The number of carboxylic acid groups (broad SMARTS) is 1. The lowest BCUT2D eigenvalue weighted by molar-refractivity contribution is -0.255. The Hall–Kier alpha value is -3.26. The first-order chi connectivity index (χ1) is 12.5. The third-order valence-electron chi connectivity index (χ3n) is 4.22. The van der Waals surface area contributed by atoms with Crippen LogP contribution >= 0.6 is 11.3 Å². The van der Waals surface area contributed by atoms with E-state index in [-0.39, 0.29) is 16.4 Å². The van der Waals surface area contributed by atoms with E-state index in [1.807, 2.05) is 31.2 Å². The summed E-state index contributed by atoms with van der Waals surface area (Å²) >= 11 is 1.18. The molecule has 0 spiro atoms. The topological polar surface area (TPSA) is 104 Å². The van der Waals surface area contributed by atoms with E-state index in [9.17, 15) is 14.7 Å². The Morgan fingerprint density at radius 2 is 2.12 bits per heavy atom. The highest BCUT2D eigenvalue weighted by Gasteiger charge is 2.14. The van der Waals surface area contributed by atoms with Crippen LogP contribution < -0.4 is 9.98 Å². The maximum atomic E-state index is 11.5. The van der Waals surface area contributed by atoms with Crippen molar-refractivity contribution in [1.82, 2.24) is 19.7 Å². The number of thiazole rings is 1. The number of nitrogens with one attached hydrogen (secondary N) is 1. The van der Waals surface area contributed by atoms with Crippen molar-refractivity contribution < 1.29 is 9.90 Å². The second kappa shape index (κ2) is 6.23. The van der Waals surface area contributed by atoms with Gasteiger partial charge in [0.15, 0.2) is 5.82 Å². The lowest BCUT2D eigenvalue weighted by atomic mass is 9.98. The third-order valence-corrected chi connectivity index (χ3v) is 5.06. The third kappa shape index (κ3) is 2.91. The zero-order valence-electron chi connectivity index (χ0n) is 13.7. The molecule has 8 heteroatoms. The molecule has 4 rings (SSSR count). The number of hydrogen-bond acceptors (Lipinski definition) is 6. The molecule has 3 heterocycles. The monoisotopic (exact) mass is 365 g/mol. The van der Waals surface area contributed by atoms with Gasteiger partial charge in [-0.3, -0.25) is 4.79 Å². The van der Waals surface area contributed by atoms with Crippen LogP contribution in [0.3, 0.4) is 0 Å². The van der Waals surface area contributed by atoms with Crippen LogP contribution in [0.15, 0.2) is 53.6 Å². The zero-order chi connectivity index (χ0) is 18.3. The van der Waals surface area contributed by atoms with Crippen molar-refractivity contribution >= 4 is 27.5 Å². The molecule has 7 nitrogen and oxygen atoms in total. The minimum Gasteiger partial charge on any atom is -0.545 e. The number of aromatic amines is 1. The lowest BCUT2D eigenvalue weighted by Crippen LogP contribution is -2.22. The molecule has 1 atom stereocenters. The van der Waals surface area contributed by atoms with Crippen molar-refractivity contribution in [2.45, 2.75) is 12.8 Å². The molecule has 0 amide bonds. The van der Waals surface area contributed by atoms with Crippen LogP contribution in [-0.4, -0.2) is 25.7 Å². The standard InChI is InChI=1S/C18H14N4O3S/c1-10(11-2-4-14-15(8-11)26-18(25)20-14)13-6-7-22(21-13)16-5-3-12(9-19-16)17(23)24/h2-10H,1H3,(H,20,25)(H,23,24)/p-1. The van der Waals surface area contributed by atoms with Crippen molar-refractivity contribution in [3.05, 3.63) is 75.3 Å². The second-order valence-electron chi connectivity index (χ2n) is 5.87. The Labute approximate surface area is 151 Å². The smallest absolute Gasteiger partial charge is 0.305 e. The number of pyridine rings is 1. The van der Waals surface area contributed by atoms with Gasteiger partial charge >= 0.3 is 4.87 Å². The van der Waals surface area contributed by atoms with Crippen molar-refractivity contribution in [2.75, 3.05) is 0 Å². The highest BCUT2D eigenvalue weighted by atomic mass is 32.1. The summed E-state index contributed by atoms with van der Waals surface area (Å²) < 4.78 is 2.51. The fourth-order valence-corrected chi connectivity index (χ4v) is 3.53. The number of carbonyl (C=O) groups is 1. The number of hydrogen-bond donors (Lipinski definition) is 1. The van der Waals surface area contributed by atoms with Gasteiger partial charge in [0.25, 0.3) is 0 Å². The largest absolute Gasteiger partial charge is 0.545 e. The summed E-state index contributed by atoms with van der Waals surface area (Å²) in [7, 11) is 0. The molecular weight excluding hydrogens is 352 g/mol. The quantitative estimate of drug-likeness (QED) is 0.593. The first-order valence-electron chi connectivity index (χ1n) is 7.87. The number of benzene rings is 1. The van der Waals surface area contributed by atoms with E-state index in [0.29, 0.717) is 5.82 Å². The van der Waals surface area contributed by atoms with Crippen molar-refractivity contribution in [2.24, 2.45) is 0 Å². The number of rotatable bonds is 4. The Balaban J connectivity index is 1.63. The van der Waals surface area contributed by atoms with Crippen LogP contribution in [0.25, 0.3) is 16.0 Å². The van der Waals surface area contributed by atoms with Gasteiger partial charge in [0.2, 0.25) is 0 Å². The van der Waals surface area contributed by atoms with E-state index in [1.165, 1.54) is 23.6 Å². The molecule has 0 aliphatic rings. The SMILES string of the molecule is CC(c1ccc2[nH]c(=O)sc2c1)c1ccn(-c2ccc(C(=O)[O-])cn2)n1. The van der Waals surface area contributed by atoms with Gasteiger partial charge in [-0.15, -0.1) is 0 Å². The Bertz CT molecular complexity index is 1160. The van der Waals surface area contributed by atoms with Gasteiger partial charge in [-0.1, -0.05) is 24.3 Å². The maximum absolute atomic E-state index is 11.5. The number of aromatic carboxylic acids is 1. The van der Waals surface area contributed by atoms with Crippen molar-refractivity contribution in [3.8, 4) is 5.82 Å². The molecule has 3 aromatic heterocycles. The van der Waals surface area contributed by atoms with Gasteiger partial charge in [0.05, 0.1) is 21.9 Å². The van der Waals surface area contributed by atoms with Gasteiger partial charge in [0.1, 0.15) is 0 Å². The van der Waals surface area contributed by atoms with E-state index < -0.39 is 5.97 Å². The zero-order valence-corrected chi connectivity index (χ0v) is 14.5. The average molecular weight is 365 g/mol. The van der Waals surface area contributed by atoms with Crippen molar-refractivity contribution in [3.63, 3.8) is 0 Å². The van der Waals surface area contributed by atoms with Crippen LogP contribution in [0.1, 0.15) is 34.5 Å². The fourth-order valence-electron chi connectivity index (χ4n) is 2.74. The van der Waals surface area contributed by atoms with E-state index in [2.05, 4.69) is 15.1 Å². The molecule has 1 unspecified atom stereocenters. The molecule has 0 aliphatic carbocycles. The number of aromatic nitrogens is 4. The number of nitrogens with zero attached hydrogens (tertiary/aromatic N) is 3. The van der Waals surface area contributed by atoms with E-state index >= 15 is 0 Å². The maximum Gasteiger partial charge on any atom is 0.305 e. The van der Waals surface area contributed by atoms with E-state index in [0.717, 1.165) is 21.5 Å². The molecule has 0 fully saturated rings. The normalized spacial score (nSPS) is 12.3. The molecule has 26 heavy (non-hydrogen) atoms. The van der Waals surface area contributed by atoms with E-state index in [4.69, 9.17) is 0 Å².